The van der Waals surface area contributed by atoms with Gasteiger partial charge >= 0.3 is 0 Å². The molecule has 1 aliphatic carbocycles. The van der Waals surface area contributed by atoms with Crippen molar-refractivity contribution in [2.24, 2.45) is 11.1 Å². The molecule has 1 aliphatic rings. The Morgan fingerprint density at radius 2 is 2.00 bits per heavy atom. The Kier molecular flexibility index (Phi) is 2.75. The minimum Gasteiger partial charge on any atom is -0.372 e. The average Bonchev–Trinajstić information content (AvgIpc) is 2.00. The molecular formula is C11H23NO. The maximum absolute atomic E-state index is 6.00. The fraction of sp³-hybridized carbons (Fsp3) is 1.00. The van der Waals surface area contributed by atoms with Crippen molar-refractivity contribution in [2.75, 3.05) is 0 Å². The second-order valence-corrected chi connectivity index (χ2v) is 5.42. The van der Waals surface area contributed by atoms with Crippen molar-refractivity contribution in [2.45, 2.75) is 65.2 Å². The van der Waals surface area contributed by atoms with Crippen LogP contribution in [-0.4, -0.2) is 17.7 Å². The minimum atomic E-state index is -0.0404. The highest BCUT2D eigenvalue weighted by molar-refractivity contribution is 5.03. The molecule has 0 aromatic heterocycles. The lowest BCUT2D eigenvalue weighted by atomic mass is 9.62. The molecule has 1 fully saturated rings. The summed E-state index contributed by atoms with van der Waals surface area (Å²) in [6.45, 7) is 10.7. The van der Waals surface area contributed by atoms with Crippen LogP contribution < -0.4 is 5.73 Å². The Morgan fingerprint density at radius 3 is 2.31 bits per heavy atom. The number of nitrogens with two attached hydrogens (primary N) is 1. The van der Waals surface area contributed by atoms with Gasteiger partial charge in [-0.2, -0.15) is 0 Å². The van der Waals surface area contributed by atoms with E-state index in [1.807, 2.05) is 0 Å². The maximum Gasteiger partial charge on any atom is 0.0665 e. The van der Waals surface area contributed by atoms with Crippen molar-refractivity contribution >= 4 is 0 Å². The molecule has 0 bridgehead atoms. The van der Waals surface area contributed by atoms with Gasteiger partial charge in [-0.3, -0.25) is 0 Å². The molecule has 3 atom stereocenters. The van der Waals surface area contributed by atoms with Gasteiger partial charge in [0.25, 0.3) is 0 Å². The smallest absolute Gasteiger partial charge is 0.0665 e. The van der Waals surface area contributed by atoms with Crippen LogP contribution in [0.25, 0.3) is 0 Å². The van der Waals surface area contributed by atoms with Gasteiger partial charge < -0.3 is 10.5 Å². The zero-order valence-electron chi connectivity index (χ0n) is 9.55. The summed E-state index contributed by atoms with van der Waals surface area (Å²) in [6.07, 6.45) is 2.48. The first kappa shape index (κ1) is 11.0. The second-order valence-electron chi connectivity index (χ2n) is 5.42. The average molecular weight is 185 g/mol. The van der Waals surface area contributed by atoms with Gasteiger partial charge in [0.15, 0.2) is 0 Å². The molecule has 0 radical (unpaired) electrons. The molecule has 0 aliphatic heterocycles. The standard InChI is InChI=1S/C11H23NO/c1-6-11(5)8(12)7-9(11)13-10(2,3)4/h8-9H,6-7,12H2,1-5H3. The van der Waals surface area contributed by atoms with Crippen molar-refractivity contribution in [3.05, 3.63) is 0 Å². The summed E-state index contributed by atoms with van der Waals surface area (Å²) >= 11 is 0. The first-order chi connectivity index (χ1) is 5.79. The highest BCUT2D eigenvalue weighted by atomic mass is 16.5. The van der Waals surface area contributed by atoms with Crippen LogP contribution >= 0.6 is 0 Å². The SMILES string of the molecule is CCC1(C)C(N)CC1OC(C)(C)C. The van der Waals surface area contributed by atoms with E-state index in [1.54, 1.807) is 0 Å². The van der Waals surface area contributed by atoms with E-state index >= 15 is 0 Å². The molecule has 2 heteroatoms. The fourth-order valence-corrected chi connectivity index (χ4v) is 1.95. The summed E-state index contributed by atoms with van der Waals surface area (Å²) in [5, 5.41) is 0. The first-order valence-electron chi connectivity index (χ1n) is 5.23. The predicted octanol–water partition coefficient (Wildman–Crippen LogP) is 2.32. The predicted molar refractivity (Wildman–Crippen MR) is 55.6 cm³/mol. The van der Waals surface area contributed by atoms with Crippen molar-refractivity contribution in [1.82, 2.24) is 0 Å². The van der Waals surface area contributed by atoms with Gasteiger partial charge in [-0.15, -0.1) is 0 Å². The number of rotatable bonds is 2. The summed E-state index contributed by atoms with van der Waals surface area (Å²) in [6, 6.07) is 0.324. The summed E-state index contributed by atoms with van der Waals surface area (Å²) in [5.41, 5.74) is 6.16. The van der Waals surface area contributed by atoms with Crippen LogP contribution in [0.1, 0.15) is 47.5 Å². The van der Waals surface area contributed by atoms with Crippen LogP contribution in [-0.2, 0) is 4.74 Å². The molecule has 2 nitrogen and oxygen atoms in total. The van der Waals surface area contributed by atoms with Gasteiger partial charge in [-0.25, -0.2) is 0 Å². The number of ether oxygens (including phenoxy) is 1. The Bertz CT molecular complexity index is 185. The highest BCUT2D eigenvalue weighted by Crippen LogP contribution is 2.45. The Morgan fingerprint density at radius 1 is 1.46 bits per heavy atom. The quantitative estimate of drug-likeness (QED) is 0.716. The van der Waals surface area contributed by atoms with E-state index in [0.29, 0.717) is 12.1 Å². The first-order valence-corrected chi connectivity index (χ1v) is 5.23. The fourth-order valence-electron chi connectivity index (χ4n) is 1.95. The van der Waals surface area contributed by atoms with E-state index in [0.717, 1.165) is 12.8 Å². The van der Waals surface area contributed by atoms with Crippen molar-refractivity contribution in [1.29, 1.82) is 0 Å². The lowest BCUT2D eigenvalue weighted by molar-refractivity contribution is -0.174. The van der Waals surface area contributed by atoms with E-state index < -0.39 is 0 Å². The van der Waals surface area contributed by atoms with Gasteiger partial charge in [0.2, 0.25) is 0 Å². The van der Waals surface area contributed by atoms with E-state index in [9.17, 15) is 0 Å². The maximum atomic E-state index is 6.00. The largest absolute Gasteiger partial charge is 0.372 e. The molecule has 0 heterocycles. The minimum absolute atomic E-state index is 0.0404. The molecule has 3 unspecified atom stereocenters. The molecule has 0 saturated heterocycles. The van der Waals surface area contributed by atoms with Crippen LogP contribution in [0.15, 0.2) is 0 Å². The van der Waals surface area contributed by atoms with Crippen molar-refractivity contribution < 1.29 is 4.74 Å². The van der Waals surface area contributed by atoms with E-state index in [1.165, 1.54) is 0 Å². The van der Waals surface area contributed by atoms with E-state index in [-0.39, 0.29) is 11.0 Å². The van der Waals surface area contributed by atoms with Gasteiger partial charge in [0.1, 0.15) is 0 Å². The van der Waals surface area contributed by atoms with Crippen LogP contribution in [0.2, 0.25) is 0 Å². The normalized spacial score (nSPS) is 40.2. The summed E-state index contributed by atoms with van der Waals surface area (Å²) < 4.78 is 5.97. The molecule has 78 valence electrons. The van der Waals surface area contributed by atoms with Crippen molar-refractivity contribution in [3.63, 3.8) is 0 Å². The molecule has 0 spiro atoms. The topological polar surface area (TPSA) is 35.2 Å². The molecule has 0 aromatic carbocycles. The molecule has 1 rings (SSSR count). The lowest BCUT2D eigenvalue weighted by Gasteiger charge is -2.53. The van der Waals surface area contributed by atoms with Crippen LogP contribution in [0, 0.1) is 5.41 Å². The van der Waals surface area contributed by atoms with Crippen molar-refractivity contribution in [3.8, 4) is 0 Å². The summed E-state index contributed by atoms with van der Waals surface area (Å²) in [7, 11) is 0. The molecule has 1 saturated carbocycles. The Balaban J connectivity index is 2.55. The Labute approximate surface area is 81.8 Å². The highest BCUT2D eigenvalue weighted by Gasteiger charge is 2.50. The van der Waals surface area contributed by atoms with Gasteiger partial charge in [-0.1, -0.05) is 13.8 Å². The molecular weight excluding hydrogens is 162 g/mol. The third-order valence-corrected chi connectivity index (χ3v) is 3.31. The van der Waals surface area contributed by atoms with Crippen LogP contribution in [0.4, 0.5) is 0 Å². The van der Waals surface area contributed by atoms with Gasteiger partial charge in [0.05, 0.1) is 11.7 Å². The number of hydrogen-bond acceptors (Lipinski definition) is 2. The molecule has 13 heavy (non-hydrogen) atoms. The molecule has 2 N–H and O–H groups in total. The Hall–Kier alpha value is -0.0800. The summed E-state index contributed by atoms with van der Waals surface area (Å²) in [4.78, 5) is 0. The van der Waals surface area contributed by atoms with E-state index in [4.69, 9.17) is 10.5 Å². The summed E-state index contributed by atoms with van der Waals surface area (Å²) in [5.74, 6) is 0. The number of hydrogen-bond donors (Lipinski definition) is 1. The zero-order valence-corrected chi connectivity index (χ0v) is 9.55. The third-order valence-electron chi connectivity index (χ3n) is 3.31. The second kappa shape index (κ2) is 3.25. The lowest BCUT2D eigenvalue weighted by Crippen LogP contribution is -2.61. The molecule has 0 aromatic rings. The van der Waals surface area contributed by atoms with E-state index in [2.05, 4.69) is 34.6 Å². The van der Waals surface area contributed by atoms with Gasteiger partial charge in [0, 0.05) is 11.5 Å². The third kappa shape index (κ3) is 2.05. The molecule has 0 amide bonds. The van der Waals surface area contributed by atoms with Crippen LogP contribution in [0.5, 0.6) is 0 Å². The van der Waals surface area contributed by atoms with Gasteiger partial charge in [-0.05, 0) is 33.6 Å². The van der Waals surface area contributed by atoms with Crippen LogP contribution in [0.3, 0.4) is 0 Å². The zero-order chi connectivity index (χ0) is 10.3. The monoisotopic (exact) mass is 185 g/mol.